The summed E-state index contributed by atoms with van der Waals surface area (Å²) < 4.78 is 31.8. The van der Waals surface area contributed by atoms with E-state index in [0.29, 0.717) is 18.8 Å². The summed E-state index contributed by atoms with van der Waals surface area (Å²) in [5.41, 5.74) is 5.65. The van der Waals surface area contributed by atoms with E-state index in [1.54, 1.807) is 6.07 Å². The average molecular weight is 286 g/mol. The molecule has 108 valence electrons. The van der Waals surface area contributed by atoms with E-state index < -0.39 is 10.0 Å². The highest BCUT2D eigenvalue weighted by molar-refractivity contribution is 7.89. The van der Waals surface area contributed by atoms with Gasteiger partial charge in [0.25, 0.3) is 10.0 Å². The van der Waals surface area contributed by atoms with Crippen LogP contribution in [0.25, 0.3) is 0 Å². The summed E-state index contributed by atoms with van der Waals surface area (Å²) in [7, 11) is -3.51. The van der Waals surface area contributed by atoms with Crippen LogP contribution < -0.4 is 5.73 Å². The summed E-state index contributed by atoms with van der Waals surface area (Å²) in [4.78, 5) is 0. The minimum absolute atomic E-state index is 0.00709. The van der Waals surface area contributed by atoms with E-state index >= 15 is 0 Å². The average Bonchev–Trinajstić information content (AvgIpc) is 2.75. The van der Waals surface area contributed by atoms with Crippen molar-refractivity contribution in [2.75, 3.05) is 13.1 Å². The van der Waals surface area contributed by atoms with Crippen LogP contribution in [0.2, 0.25) is 0 Å². The van der Waals surface area contributed by atoms with Crippen LogP contribution in [-0.4, -0.2) is 25.8 Å². The molecule has 0 saturated carbocycles. The van der Waals surface area contributed by atoms with Crippen LogP contribution in [-0.2, 0) is 16.6 Å². The smallest absolute Gasteiger partial charge is 0.276 e. The third-order valence-electron chi connectivity index (χ3n) is 3.73. The van der Waals surface area contributed by atoms with Crippen LogP contribution in [0.15, 0.2) is 21.6 Å². The molecule has 1 aliphatic heterocycles. The lowest BCUT2D eigenvalue weighted by Crippen LogP contribution is -2.32. The van der Waals surface area contributed by atoms with Gasteiger partial charge in [-0.15, -0.1) is 0 Å². The highest BCUT2D eigenvalue weighted by atomic mass is 32.2. The van der Waals surface area contributed by atoms with Gasteiger partial charge in [0.05, 0.1) is 6.54 Å². The van der Waals surface area contributed by atoms with E-state index in [2.05, 4.69) is 13.8 Å². The van der Waals surface area contributed by atoms with E-state index in [4.69, 9.17) is 10.2 Å². The maximum absolute atomic E-state index is 12.5. The minimum atomic E-state index is -3.51. The van der Waals surface area contributed by atoms with Crippen molar-refractivity contribution in [2.24, 2.45) is 11.1 Å². The Morgan fingerprint density at radius 2 is 2.05 bits per heavy atom. The molecule has 0 aromatic carbocycles. The molecule has 0 unspecified atom stereocenters. The Hall–Kier alpha value is -0.850. The van der Waals surface area contributed by atoms with Crippen molar-refractivity contribution >= 4 is 10.0 Å². The van der Waals surface area contributed by atoms with Crippen molar-refractivity contribution in [2.45, 2.75) is 44.7 Å². The Balaban J connectivity index is 2.20. The standard InChI is InChI=1S/C13H22N2O3S/c1-13(2)6-3-8-15(9-7-13)19(16,17)12-5-4-11(10-14)18-12/h4-5H,3,6-10,14H2,1-2H3. The summed E-state index contributed by atoms with van der Waals surface area (Å²) >= 11 is 0. The lowest BCUT2D eigenvalue weighted by Gasteiger charge is -2.22. The quantitative estimate of drug-likeness (QED) is 0.921. The largest absolute Gasteiger partial charge is 0.447 e. The van der Waals surface area contributed by atoms with Crippen LogP contribution in [0.5, 0.6) is 0 Å². The maximum atomic E-state index is 12.5. The van der Waals surface area contributed by atoms with E-state index in [0.717, 1.165) is 19.3 Å². The molecule has 2 N–H and O–H groups in total. The van der Waals surface area contributed by atoms with Crippen LogP contribution in [0.1, 0.15) is 38.9 Å². The molecular weight excluding hydrogens is 264 g/mol. The maximum Gasteiger partial charge on any atom is 0.276 e. The first-order valence-corrected chi connectivity index (χ1v) is 8.08. The van der Waals surface area contributed by atoms with Crippen LogP contribution in [0.4, 0.5) is 0 Å². The van der Waals surface area contributed by atoms with Crippen molar-refractivity contribution in [1.29, 1.82) is 0 Å². The van der Waals surface area contributed by atoms with Gasteiger partial charge in [-0.05, 0) is 36.8 Å². The lowest BCUT2D eigenvalue weighted by atomic mass is 9.85. The molecule has 2 heterocycles. The number of nitrogens with two attached hydrogens (primary N) is 1. The molecule has 5 nitrogen and oxygen atoms in total. The molecule has 6 heteroatoms. The molecule has 0 atom stereocenters. The summed E-state index contributed by atoms with van der Waals surface area (Å²) in [6.07, 6.45) is 2.80. The molecular formula is C13H22N2O3S. The van der Waals surface area contributed by atoms with Gasteiger partial charge in [-0.25, -0.2) is 8.42 Å². The number of rotatable bonds is 3. The summed E-state index contributed by atoms with van der Waals surface area (Å²) in [6, 6.07) is 3.11. The van der Waals surface area contributed by atoms with Crippen LogP contribution in [0, 0.1) is 5.41 Å². The van der Waals surface area contributed by atoms with Gasteiger partial charge in [-0.2, -0.15) is 4.31 Å². The first-order valence-electron chi connectivity index (χ1n) is 6.64. The molecule has 0 spiro atoms. The van der Waals surface area contributed by atoms with Gasteiger partial charge in [-0.3, -0.25) is 0 Å². The SMILES string of the molecule is CC1(C)CCCN(S(=O)(=O)c2ccc(CN)o2)CC1. The Kier molecular flexibility index (Phi) is 4.03. The Bertz CT molecular complexity index is 534. The van der Waals surface area contributed by atoms with Gasteiger partial charge in [0.15, 0.2) is 0 Å². The van der Waals surface area contributed by atoms with Crippen molar-refractivity contribution in [3.05, 3.63) is 17.9 Å². The third kappa shape index (κ3) is 3.19. The Morgan fingerprint density at radius 3 is 2.68 bits per heavy atom. The second-order valence-corrected chi connectivity index (χ2v) is 7.72. The van der Waals surface area contributed by atoms with Crippen molar-refractivity contribution in [3.8, 4) is 0 Å². The zero-order chi connectivity index (χ0) is 14.1. The summed E-state index contributed by atoms with van der Waals surface area (Å²) in [6.45, 7) is 5.69. The van der Waals surface area contributed by atoms with Gasteiger partial charge in [-0.1, -0.05) is 13.8 Å². The van der Waals surface area contributed by atoms with E-state index in [-0.39, 0.29) is 17.1 Å². The zero-order valence-corrected chi connectivity index (χ0v) is 12.4. The normalized spacial score (nSPS) is 21.2. The molecule has 1 aliphatic rings. The van der Waals surface area contributed by atoms with E-state index in [1.807, 2.05) is 0 Å². The first-order chi connectivity index (χ1) is 8.85. The molecule has 1 aromatic rings. The van der Waals surface area contributed by atoms with Crippen molar-refractivity contribution in [3.63, 3.8) is 0 Å². The third-order valence-corrected chi connectivity index (χ3v) is 5.50. The van der Waals surface area contributed by atoms with Gasteiger partial charge in [0.1, 0.15) is 5.76 Å². The van der Waals surface area contributed by atoms with Gasteiger partial charge in [0.2, 0.25) is 5.09 Å². The molecule has 2 rings (SSSR count). The second-order valence-electron chi connectivity index (χ2n) is 5.85. The predicted molar refractivity (Wildman–Crippen MR) is 73.0 cm³/mol. The minimum Gasteiger partial charge on any atom is -0.447 e. The van der Waals surface area contributed by atoms with Gasteiger partial charge >= 0.3 is 0 Å². The highest BCUT2D eigenvalue weighted by Crippen LogP contribution is 2.32. The molecule has 0 amide bonds. The fourth-order valence-corrected chi connectivity index (χ4v) is 3.78. The van der Waals surface area contributed by atoms with E-state index in [1.165, 1.54) is 10.4 Å². The summed E-state index contributed by atoms with van der Waals surface area (Å²) in [5.74, 6) is 0.494. The monoisotopic (exact) mass is 286 g/mol. The lowest BCUT2D eigenvalue weighted by molar-refractivity contribution is 0.312. The molecule has 1 aromatic heterocycles. The van der Waals surface area contributed by atoms with E-state index in [9.17, 15) is 8.42 Å². The molecule has 1 saturated heterocycles. The van der Waals surface area contributed by atoms with Gasteiger partial charge < -0.3 is 10.2 Å². The highest BCUT2D eigenvalue weighted by Gasteiger charge is 2.32. The molecule has 19 heavy (non-hydrogen) atoms. The summed E-state index contributed by atoms with van der Waals surface area (Å²) in [5, 5.41) is 0.00709. The first kappa shape index (κ1) is 14.6. The number of hydrogen-bond acceptors (Lipinski definition) is 4. The predicted octanol–water partition coefficient (Wildman–Crippen LogP) is 1.94. The van der Waals surface area contributed by atoms with Crippen LogP contribution >= 0.6 is 0 Å². The molecule has 0 bridgehead atoms. The number of hydrogen-bond donors (Lipinski definition) is 1. The Morgan fingerprint density at radius 1 is 1.32 bits per heavy atom. The molecule has 0 radical (unpaired) electrons. The van der Waals surface area contributed by atoms with Gasteiger partial charge in [0, 0.05) is 13.1 Å². The zero-order valence-electron chi connectivity index (χ0n) is 11.6. The Labute approximate surface area is 114 Å². The van der Waals surface area contributed by atoms with Crippen LogP contribution in [0.3, 0.4) is 0 Å². The molecule has 1 fully saturated rings. The fourth-order valence-electron chi connectivity index (χ4n) is 2.37. The molecule has 0 aliphatic carbocycles. The fraction of sp³-hybridized carbons (Fsp3) is 0.692. The van der Waals surface area contributed by atoms with Crippen molar-refractivity contribution in [1.82, 2.24) is 4.31 Å². The second kappa shape index (κ2) is 5.26. The topological polar surface area (TPSA) is 76.5 Å². The number of nitrogens with zero attached hydrogens (tertiary/aromatic N) is 1. The number of sulfonamides is 1. The van der Waals surface area contributed by atoms with Crippen molar-refractivity contribution < 1.29 is 12.8 Å². The number of furan rings is 1.